The fourth-order valence-electron chi connectivity index (χ4n) is 3.65. The maximum atomic E-state index is 12.4. The Morgan fingerprint density at radius 2 is 2.32 bits per heavy atom. The number of nitrogens with zero attached hydrogens (tertiary/aromatic N) is 4. The van der Waals surface area contributed by atoms with E-state index in [9.17, 15) is 4.79 Å². The Balaban J connectivity index is 1.54. The third-order valence-corrected chi connectivity index (χ3v) is 5.39. The molecule has 4 heterocycles. The van der Waals surface area contributed by atoms with Crippen LogP contribution in [0.5, 0.6) is 0 Å². The van der Waals surface area contributed by atoms with Gasteiger partial charge >= 0.3 is 0 Å². The number of carbonyl (C=O) groups is 1. The molecule has 22 heavy (non-hydrogen) atoms. The van der Waals surface area contributed by atoms with E-state index in [1.807, 2.05) is 24.0 Å². The summed E-state index contributed by atoms with van der Waals surface area (Å²) in [5.41, 5.74) is 2.04. The molecule has 0 N–H and O–H groups in total. The predicted molar refractivity (Wildman–Crippen MR) is 85.8 cm³/mol. The van der Waals surface area contributed by atoms with Crippen molar-refractivity contribution in [3.63, 3.8) is 0 Å². The number of aromatic nitrogens is 2. The molecule has 4 rings (SSSR count). The average Bonchev–Trinajstić information content (AvgIpc) is 3.17. The van der Waals surface area contributed by atoms with Crippen molar-refractivity contribution < 1.29 is 4.79 Å². The summed E-state index contributed by atoms with van der Waals surface area (Å²) in [4.78, 5) is 25.5. The van der Waals surface area contributed by atoms with Crippen LogP contribution >= 0.6 is 11.3 Å². The third kappa shape index (κ3) is 2.32. The Hall–Kier alpha value is -1.79. The van der Waals surface area contributed by atoms with E-state index in [1.165, 1.54) is 0 Å². The first-order valence-electron chi connectivity index (χ1n) is 7.59. The lowest BCUT2D eigenvalue weighted by Gasteiger charge is -2.24. The molecular weight excluding hydrogens is 296 g/mol. The second-order valence-corrected chi connectivity index (χ2v) is 6.99. The van der Waals surface area contributed by atoms with Crippen LogP contribution in [0, 0.1) is 6.92 Å². The van der Waals surface area contributed by atoms with E-state index in [0.717, 1.165) is 35.9 Å². The average molecular weight is 314 g/mol. The quantitative estimate of drug-likeness (QED) is 0.872. The predicted octanol–water partition coefficient (Wildman–Crippen LogP) is 2.23. The van der Waals surface area contributed by atoms with Crippen molar-refractivity contribution in [2.75, 3.05) is 11.4 Å². The monoisotopic (exact) mass is 314 g/mol. The second-order valence-electron chi connectivity index (χ2n) is 5.93. The Morgan fingerprint density at radius 1 is 1.41 bits per heavy atom. The van der Waals surface area contributed by atoms with Crippen molar-refractivity contribution in [2.45, 2.75) is 38.4 Å². The highest BCUT2D eigenvalue weighted by Gasteiger charge is 2.47. The Morgan fingerprint density at radius 3 is 3.05 bits per heavy atom. The van der Waals surface area contributed by atoms with Gasteiger partial charge in [0.05, 0.1) is 28.6 Å². The van der Waals surface area contributed by atoms with Crippen LogP contribution in [-0.2, 0) is 11.3 Å². The molecule has 2 aromatic heterocycles. The number of rotatable bonds is 3. The van der Waals surface area contributed by atoms with E-state index in [-0.39, 0.29) is 11.9 Å². The molecule has 0 spiro atoms. The minimum Gasteiger partial charge on any atom is -0.306 e. The van der Waals surface area contributed by atoms with Crippen LogP contribution in [0.3, 0.4) is 0 Å². The van der Waals surface area contributed by atoms with Crippen molar-refractivity contribution in [1.29, 1.82) is 0 Å². The molecule has 1 amide bonds. The summed E-state index contributed by atoms with van der Waals surface area (Å²) in [6, 6.07) is 4.44. The molecule has 2 aromatic rings. The van der Waals surface area contributed by atoms with Gasteiger partial charge < -0.3 is 4.90 Å². The standard InChI is InChI=1S/C16H18N4OS/c1-11-18-12(10-22-11)9-19-6-4-14-15(19)7-16(21)20(14)13-3-2-5-17-8-13/h2-3,5,8,10,14-15H,4,6-7,9H2,1H3/t14-,15-/m0/s1. The number of likely N-dealkylation sites (tertiary alicyclic amines) is 1. The molecule has 0 bridgehead atoms. The fraction of sp³-hybridized carbons (Fsp3) is 0.438. The molecule has 0 unspecified atom stereocenters. The lowest BCUT2D eigenvalue weighted by Crippen LogP contribution is -2.37. The zero-order valence-corrected chi connectivity index (χ0v) is 13.3. The number of aryl methyl sites for hydroxylation is 1. The third-order valence-electron chi connectivity index (χ3n) is 4.57. The number of carbonyl (C=O) groups excluding carboxylic acids is 1. The summed E-state index contributed by atoms with van der Waals surface area (Å²) in [6.07, 6.45) is 5.15. The van der Waals surface area contributed by atoms with Crippen LogP contribution in [0.2, 0.25) is 0 Å². The van der Waals surface area contributed by atoms with Crippen molar-refractivity contribution >= 4 is 22.9 Å². The van der Waals surface area contributed by atoms with Gasteiger partial charge in [0.2, 0.25) is 5.91 Å². The van der Waals surface area contributed by atoms with Crippen molar-refractivity contribution in [1.82, 2.24) is 14.9 Å². The minimum atomic E-state index is 0.210. The van der Waals surface area contributed by atoms with Gasteiger partial charge in [-0.2, -0.15) is 0 Å². The number of thiazole rings is 1. The number of hydrogen-bond donors (Lipinski definition) is 0. The first kappa shape index (κ1) is 13.8. The Bertz CT molecular complexity index is 686. The molecule has 2 fully saturated rings. The molecule has 5 nitrogen and oxygen atoms in total. The minimum absolute atomic E-state index is 0.210. The topological polar surface area (TPSA) is 49.3 Å². The van der Waals surface area contributed by atoms with Gasteiger partial charge in [0, 0.05) is 37.1 Å². The number of anilines is 1. The SMILES string of the molecule is Cc1nc(CN2CC[C@H]3[C@@H]2CC(=O)N3c2cccnc2)cs1. The van der Waals surface area contributed by atoms with E-state index in [0.29, 0.717) is 12.5 Å². The summed E-state index contributed by atoms with van der Waals surface area (Å²) < 4.78 is 0. The van der Waals surface area contributed by atoms with Crippen LogP contribution < -0.4 is 4.90 Å². The largest absolute Gasteiger partial charge is 0.306 e. The molecule has 0 aliphatic carbocycles. The molecule has 2 aliphatic heterocycles. The van der Waals surface area contributed by atoms with Crippen LogP contribution in [0.25, 0.3) is 0 Å². The normalized spacial score (nSPS) is 25.0. The van der Waals surface area contributed by atoms with Gasteiger partial charge in [-0.05, 0) is 25.5 Å². The molecular formula is C16H18N4OS. The van der Waals surface area contributed by atoms with Gasteiger partial charge in [-0.1, -0.05) is 0 Å². The van der Waals surface area contributed by atoms with Gasteiger partial charge in [0.15, 0.2) is 0 Å². The Labute approximate surface area is 133 Å². The van der Waals surface area contributed by atoms with Gasteiger partial charge in [0.1, 0.15) is 0 Å². The highest BCUT2D eigenvalue weighted by Crippen LogP contribution is 2.36. The second kappa shape index (κ2) is 5.44. The Kier molecular flexibility index (Phi) is 3.43. The van der Waals surface area contributed by atoms with Crippen LogP contribution in [-0.4, -0.2) is 39.4 Å². The molecule has 0 aromatic carbocycles. The summed E-state index contributed by atoms with van der Waals surface area (Å²) in [5, 5.41) is 3.23. The number of hydrogen-bond acceptors (Lipinski definition) is 5. The van der Waals surface area contributed by atoms with E-state index in [1.54, 1.807) is 23.7 Å². The lowest BCUT2D eigenvalue weighted by molar-refractivity contribution is -0.117. The molecule has 6 heteroatoms. The lowest BCUT2D eigenvalue weighted by atomic mass is 10.1. The first-order valence-corrected chi connectivity index (χ1v) is 8.47. The highest BCUT2D eigenvalue weighted by molar-refractivity contribution is 7.09. The van der Waals surface area contributed by atoms with E-state index >= 15 is 0 Å². The highest BCUT2D eigenvalue weighted by atomic mass is 32.1. The van der Waals surface area contributed by atoms with Gasteiger partial charge in [-0.15, -0.1) is 11.3 Å². The van der Waals surface area contributed by atoms with Crippen molar-refractivity contribution in [2.24, 2.45) is 0 Å². The van der Waals surface area contributed by atoms with Crippen molar-refractivity contribution in [3.8, 4) is 0 Å². The van der Waals surface area contributed by atoms with E-state index < -0.39 is 0 Å². The van der Waals surface area contributed by atoms with E-state index in [4.69, 9.17) is 0 Å². The van der Waals surface area contributed by atoms with Gasteiger partial charge in [-0.3, -0.25) is 14.7 Å². The maximum Gasteiger partial charge on any atom is 0.229 e. The van der Waals surface area contributed by atoms with E-state index in [2.05, 4.69) is 20.2 Å². The maximum absolute atomic E-state index is 12.4. The molecule has 2 atom stereocenters. The smallest absolute Gasteiger partial charge is 0.229 e. The number of pyridine rings is 1. The molecule has 2 saturated heterocycles. The van der Waals surface area contributed by atoms with Crippen LogP contribution in [0.15, 0.2) is 29.9 Å². The zero-order valence-electron chi connectivity index (χ0n) is 12.5. The van der Waals surface area contributed by atoms with Gasteiger partial charge in [0.25, 0.3) is 0 Å². The summed E-state index contributed by atoms with van der Waals surface area (Å²) in [5.74, 6) is 0.210. The summed E-state index contributed by atoms with van der Waals surface area (Å²) in [6.45, 7) is 3.90. The molecule has 0 saturated carbocycles. The zero-order chi connectivity index (χ0) is 15.1. The number of amides is 1. The first-order chi connectivity index (χ1) is 10.7. The molecule has 0 radical (unpaired) electrons. The molecule has 114 valence electrons. The van der Waals surface area contributed by atoms with Gasteiger partial charge in [-0.25, -0.2) is 4.98 Å². The summed E-state index contributed by atoms with van der Waals surface area (Å²) >= 11 is 1.69. The van der Waals surface area contributed by atoms with Crippen molar-refractivity contribution in [3.05, 3.63) is 40.6 Å². The molecule has 2 aliphatic rings. The fourth-order valence-corrected chi connectivity index (χ4v) is 4.25. The van der Waals surface area contributed by atoms with Crippen LogP contribution in [0.4, 0.5) is 5.69 Å². The van der Waals surface area contributed by atoms with Crippen LogP contribution in [0.1, 0.15) is 23.5 Å². The number of fused-ring (bicyclic) bond motifs is 1. The summed E-state index contributed by atoms with van der Waals surface area (Å²) in [7, 11) is 0.